The van der Waals surface area contributed by atoms with Crippen molar-refractivity contribution in [3.63, 3.8) is 0 Å². The van der Waals surface area contributed by atoms with Gasteiger partial charge in [0.2, 0.25) is 5.91 Å². The van der Waals surface area contributed by atoms with Crippen molar-refractivity contribution in [2.24, 2.45) is 11.7 Å². The van der Waals surface area contributed by atoms with E-state index in [-0.39, 0.29) is 11.8 Å². The van der Waals surface area contributed by atoms with Gasteiger partial charge in [0.25, 0.3) is 0 Å². The molecule has 1 atom stereocenters. The topological polar surface area (TPSA) is 80.9 Å². The predicted octanol–water partition coefficient (Wildman–Crippen LogP) is 2.70. The molecule has 22 heavy (non-hydrogen) atoms. The first-order valence-electron chi connectivity index (χ1n) is 7.27. The van der Waals surface area contributed by atoms with Gasteiger partial charge in [-0.2, -0.15) is 0 Å². The van der Waals surface area contributed by atoms with Crippen molar-refractivity contribution in [3.05, 3.63) is 42.5 Å². The van der Waals surface area contributed by atoms with Crippen LogP contribution in [0.25, 0.3) is 22.1 Å². The van der Waals surface area contributed by atoms with Gasteiger partial charge in [0.15, 0.2) is 0 Å². The molecule has 3 rings (SSSR count). The molecule has 0 saturated carbocycles. The lowest BCUT2D eigenvalue weighted by Gasteiger charge is -2.15. The average Bonchev–Trinajstić information content (AvgIpc) is 2.51. The molecule has 1 aromatic heterocycles. The lowest BCUT2D eigenvalue weighted by molar-refractivity contribution is -0.118. The molecule has 3 N–H and O–H groups in total. The largest absolute Gasteiger partial charge is 0.325 e. The number of para-hydroxylation sites is 2. The van der Waals surface area contributed by atoms with E-state index in [0.29, 0.717) is 5.69 Å². The SMILES string of the molecule is CC(C)[C@H](N)C(=O)Nc1ccc2nc3ccccc3nc2c1. The summed E-state index contributed by atoms with van der Waals surface area (Å²) >= 11 is 0. The van der Waals surface area contributed by atoms with E-state index in [1.165, 1.54) is 0 Å². The van der Waals surface area contributed by atoms with Crippen LogP contribution in [-0.4, -0.2) is 21.9 Å². The third kappa shape index (κ3) is 2.76. The van der Waals surface area contributed by atoms with Crippen molar-refractivity contribution in [2.75, 3.05) is 5.32 Å². The van der Waals surface area contributed by atoms with E-state index in [1.54, 1.807) is 0 Å². The van der Waals surface area contributed by atoms with Crippen LogP contribution in [0, 0.1) is 5.92 Å². The summed E-state index contributed by atoms with van der Waals surface area (Å²) in [7, 11) is 0. The Balaban J connectivity index is 1.95. The number of amides is 1. The molecule has 0 bridgehead atoms. The van der Waals surface area contributed by atoms with Crippen LogP contribution in [-0.2, 0) is 4.79 Å². The quantitative estimate of drug-likeness (QED) is 0.728. The van der Waals surface area contributed by atoms with E-state index in [9.17, 15) is 4.79 Å². The molecule has 0 fully saturated rings. The zero-order valence-electron chi connectivity index (χ0n) is 12.6. The van der Waals surface area contributed by atoms with Crippen molar-refractivity contribution < 1.29 is 4.79 Å². The first-order chi connectivity index (χ1) is 10.5. The second-order valence-corrected chi connectivity index (χ2v) is 5.67. The van der Waals surface area contributed by atoms with Gasteiger partial charge in [0, 0.05) is 5.69 Å². The number of carbonyl (C=O) groups is 1. The molecule has 112 valence electrons. The Labute approximate surface area is 128 Å². The van der Waals surface area contributed by atoms with Crippen LogP contribution >= 0.6 is 0 Å². The zero-order chi connectivity index (χ0) is 15.7. The third-order valence-electron chi connectivity index (χ3n) is 3.63. The fraction of sp³-hybridized carbons (Fsp3) is 0.235. The molecule has 5 heteroatoms. The summed E-state index contributed by atoms with van der Waals surface area (Å²) < 4.78 is 0. The summed E-state index contributed by atoms with van der Waals surface area (Å²) in [6, 6.07) is 12.7. The van der Waals surface area contributed by atoms with E-state index in [4.69, 9.17) is 5.73 Å². The van der Waals surface area contributed by atoms with E-state index in [0.717, 1.165) is 22.1 Å². The number of fused-ring (bicyclic) bond motifs is 2. The van der Waals surface area contributed by atoms with Crippen molar-refractivity contribution in [3.8, 4) is 0 Å². The van der Waals surface area contributed by atoms with Crippen molar-refractivity contribution >= 4 is 33.7 Å². The smallest absolute Gasteiger partial charge is 0.241 e. The second kappa shape index (κ2) is 5.69. The number of nitrogens with one attached hydrogen (secondary N) is 1. The summed E-state index contributed by atoms with van der Waals surface area (Å²) in [6.07, 6.45) is 0. The highest BCUT2D eigenvalue weighted by Gasteiger charge is 2.17. The molecule has 5 nitrogen and oxygen atoms in total. The van der Waals surface area contributed by atoms with Crippen LogP contribution in [0.2, 0.25) is 0 Å². The van der Waals surface area contributed by atoms with Gasteiger partial charge in [-0.3, -0.25) is 4.79 Å². The van der Waals surface area contributed by atoms with Crippen LogP contribution in [0.3, 0.4) is 0 Å². The van der Waals surface area contributed by atoms with E-state index in [1.807, 2.05) is 56.3 Å². The molecule has 0 aliphatic carbocycles. The van der Waals surface area contributed by atoms with E-state index >= 15 is 0 Å². The van der Waals surface area contributed by atoms with Gasteiger partial charge in [-0.1, -0.05) is 26.0 Å². The lowest BCUT2D eigenvalue weighted by Crippen LogP contribution is -2.39. The van der Waals surface area contributed by atoms with Gasteiger partial charge in [-0.25, -0.2) is 9.97 Å². The molecule has 0 spiro atoms. The maximum absolute atomic E-state index is 12.0. The Morgan fingerprint density at radius 3 is 2.23 bits per heavy atom. The van der Waals surface area contributed by atoms with E-state index in [2.05, 4.69) is 15.3 Å². The molecule has 1 heterocycles. The highest BCUT2D eigenvalue weighted by atomic mass is 16.2. The minimum Gasteiger partial charge on any atom is -0.325 e. The highest BCUT2D eigenvalue weighted by molar-refractivity contribution is 5.97. The van der Waals surface area contributed by atoms with Crippen LogP contribution in [0.15, 0.2) is 42.5 Å². The monoisotopic (exact) mass is 294 g/mol. The average molecular weight is 294 g/mol. The van der Waals surface area contributed by atoms with Crippen LogP contribution in [0.4, 0.5) is 5.69 Å². The number of carbonyl (C=O) groups excluding carboxylic acids is 1. The number of aromatic nitrogens is 2. The third-order valence-corrected chi connectivity index (χ3v) is 3.63. The summed E-state index contributed by atoms with van der Waals surface area (Å²) in [5.74, 6) is -0.104. The summed E-state index contributed by atoms with van der Waals surface area (Å²) in [5, 5.41) is 2.83. The number of rotatable bonds is 3. The molecule has 0 radical (unpaired) electrons. The highest BCUT2D eigenvalue weighted by Crippen LogP contribution is 2.19. The maximum atomic E-state index is 12.0. The van der Waals surface area contributed by atoms with Gasteiger partial charge in [0.05, 0.1) is 28.1 Å². The molecule has 0 unspecified atom stereocenters. The van der Waals surface area contributed by atoms with Gasteiger partial charge in [0.1, 0.15) is 0 Å². The van der Waals surface area contributed by atoms with Crippen molar-refractivity contribution in [1.82, 2.24) is 9.97 Å². The molecule has 1 amide bonds. The van der Waals surface area contributed by atoms with Gasteiger partial charge in [-0.15, -0.1) is 0 Å². The predicted molar refractivity (Wildman–Crippen MR) is 88.5 cm³/mol. The van der Waals surface area contributed by atoms with Crippen molar-refractivity contribution in [1.29, 1.82) is 0 Å². The van der Waals surface area contributed by atoms with Crippen LogP contribution in [0.5, 0.6) is 0 Å². The van der Waals surface area contributed by atoms with Gasteiger partial charge >= 0.3 is 0 Å². The lowest BCUT2D eigenvalue weighted by atomic mass is 10.0. The summed E-state index contributed by atoms with van der Waals surface area (Å²) in [4.78, 5) is 21.2. The van der Waals surface area contributed by atoms with E-state index < -0.39 is 6.04 Å². The second-order valence-electron chi connectivity index (χ2n) is 5.67. The van der Waals surface area contributed by atoms with Gasteiger partial charge < -0.3 is 11.1 Å². The fourth-order valence-electron chi connectivity index (χ4n) is 2.23. The zero-order valence-corrected chi connectivity index (χ0v) is 12.6. The minimum absolute atomic E-state index is 0.0872. The molecular formula is C17H18N4O. The first kappa shape index (κ1) is 14.4. The Morgan fingerprint density at radius 2 is 1.59 bits per heavy atom. The fourth-order valence-corrected chi connectivity index (χ4v) is 2.23. The normalized spacial score (nSPS) is 12.7. The summed E-state index contributed by atoms with van der Waals surface area (Å²) in [5.41, 5.74) is 9.76. The number of anilines is 1. The standard InChI is InChI=1S/C17H18N4O/c1-10(2)16(18)17(22)19-11-7-8-14-15(9-11)21-13-6-4-3-5-12(13)20-14/h3-10,16H,18H2,1-2H3,(H,19,22)/t16-/m0/s1. The molecule has 2 aromatic carbocycles. The Kier molecular flexibility index (Phi) is 3.73. The Morgan fingerprint density at radius 1 is 1.00 bits per heavy atom. The maximum Gasteiger partial charge on any atom is 0.241 e. The number of nitrogens with zero attached hydrogens (tertiary/aromatic N) is 2. The molecule has 3 aromatic rings. The number of benzene rings is 2. The van der Waals surface area contributed by atoms with Crippen molar-refractivity contribution in [2.45, 2.75) is 19.9 Å². The molecule has 0 saturated heterocycles. The minimum atomic E-state index is -0.529. The Bertz CT molecular complexity index is 844. The van der Waals surface area contributed by atoms with Gasteiger partial charge in [-0.05, 0) is 36.2 Å². The molecule has 0 aliphatic rings. The van der Waals surface area contributed by atoms with Crippen LogP contribution in [0.1, 0.15) is 13.8 Å². The summed E-state index contributed by atoms with van der Waals surface area (Å²) in [6.45, 7) is 3.84. The number of hydrogen-bond acceptors (Lipinski definition) is 4. The Hall–Kier alpha value is -2.53. The molecular weight excluding hydrogens is 276 g/mol. The first-order valence-corrected chi connectivity index (χ1v) is 7.27. The molecule has 0 aliphatic heterocycles. The van der Waals surface area contributed by atoms with Crippen LogP contribution < -0.4 is 11.1 Å². The number of hydrogen-bond donors (Lipinski definition) is 2. The number of nitrogens with two attached hydrogens (primary N) is 1.